The molecule has 1 aliphatic rings. The number of anilines is 1. The first-order valence-corrected chi connectivity index (χ1v) is 7.52. The van der Waals surface area contributed by atoms with Gasteiger partial charge in [0.05, 0.1) is 0 Å². The maximum atomic E-state index is 10.7. The monoisotopic (exact) mass is 259 g/mol. The third-order valence-electron chi connectivity index (χ3n) is 4.07. The molecule has 1 fully saturated rings. The van der Waals surface area contributed by atoms with E-state index in [4.69, 9.17) is 0 Å². The zero-order valence-electron chi connectivity index (χ0n) is 12.1. The van der Waals surface area contributed by atoms with Gasteiger partial charge in [-0.1, -0.05) is 26.7 Å². The maximum absolute atomic E-state index is 10.7. The molecule has 0 aromatic heterocycles. The van der Waals surface area contributed by atoms with E-state index in [9.17, 15) is 4.79 Å². The van der Waals surface area contributed by atoms with Crippen LogP contribution in [0.5, 0.6) is 0 Å². The summed E-state index contributed by atoms with van der Waals surface area (Å²) in [5, 5.41) is 0. The van der Waals surface area contributed by atoms with E-state index in [0.29, 0.717) is 6.04 Å². The zero-order chi connectivity index (χ0) is 13.7. The van der Waals surface area contributed by atoms with Gasteiger partial charge in [-0.05, 0) is 49.4 Å². The molecule has 2 nitrogen and oxygen atoms in total. The van der Waals surface area contributed by atoms with E-state index >= 15 is 0 Å². The first kappa shape index (κ1) is 14.1. The van der Waals surface area contributed by atoms with Crippen molar-refractivity contribution < 1.29 is 4.79 Å². The summed E-state index contributed by atoms with van der Waals surface area (Å²) < 4.78 is 0. The van der Waals surface area contributed by atoms with E-state index in [1.54, 1.807) is 0 Å². The predicted octanol–water partition coefficient (Wildman–Crippen LogP) is 4.29. The highest BCUT2D eigenvalue weighted by Crippen LogP contribution is 2.29. The van der Waals surface area contributed by atoms with Crippen LogP contribution >= 0.6 is 0 Å². The summed E-state index contributed by atoms with van der Waals surface area (Å²) in [5.41, 5.74) is 2.04. The van der Waals surface area contributed by atoms with Crippen molar-refractivity contribution in [1.29, 1.82) is 0 Å². The van der Waals surface area contributed by atoms with E-state index in [-0.39, 0.29) is 0 Å². The van der Waals surface area contributed by atoms with Crippen molar-refractivity contribution in [2.45, 2.75) is 52.0 Å². The Bertz CT molecular complexity index is 390. The fourth-order valence-electron chi connectivity index (χ4n) is 2.88. The second-order valence-corrected chi connectivity index (χ2v) is 6.02. The molecule has 0 bridgehead atoms. The van der Waals surface area contributed by atoms with E-state index < -0.39 is 0 Å². The molecule has 2 heteroatoms. The number of rotatable bonds is 6. The summed E-state index contributed by atoms with van der Waals surface area (Å²) in [7, 11) is 0. The normalized spacial score (nSPS) is 15.9. The third-order valence-corrected chi connectivity index (χ3v) is 4.07. The highest BCUT2D eigenvalue weighted by atomic mass is 16.1. The first-order chi connectivity index (χ1) is 9.20. The fraction of sp³-hybridized carbons (Fsp3) is 0.588. The van der Waals surface area contributed by atoms with E-state index in [2.05, 4.69) is 30.9 Å². The molecule has 19 heavy (non-hydrogen) atoms. The topological polar surface area (TPSA) is 20.3 Å². The van der Waals surface area contributed by atoms with Crippen molar-refractivity contribution in [3.05, 3.63) is 29.8 Å². The van der Waals surface area contributed by atoms with Gasteiger partial charge in [0.1, 0.15) is 6.29 Å². The van der Waals surface area contributed by atoms with Crippen LogP contribution in [0, 0.1) is 5.92 Å². The van der Waals surface area contributed by atoms with Gasteiger partial charge in [-0.3, -0.25) is 4.79 Å². The molecule has 1 aromatic carbocycles. The van der Waals surface area contributed by atoms with Crippen LogP contribution in [0.3, 0.4) is 0 Å². The van der Waals surface area contributed by atoms with Gasteiger partial charge in [-0.15, -0.1) is 0 Å². The van der Waals surface area contributed by atoms with Gasteiger partial charge in [0.2, 0.25) is 0 Å². The first-order valence-electron chi connectivity index (χ1n) is 7.52. The Morgan fingerprint density at radius 3 is 2.37 bits per heavy atom. The van der Waals surface area contributed by atoms with Crippen molar-refractivity contribution in [2.75, 3.05) is 11.4 Å². The molecule has 0 radical (unpaired) electrons. The van der Waals surface area contributed by atoms with Crippen molar-refractivity contribution in [3.63, 3.8) is 0 Å². The molecule has 0 heterocycles. The summed E-state index contributed by atoms with van der Waals surface area (Å²) in [6, 6.07) is 8.75. The molecule has 1 saturated carbocycles. The highest BCUT2D eigenvalue weighted by molar-refractivity contribution is 5.75. The molecule has 0 N–H and O–H groups in total. The number of carbonyl (C=O) groups excluding carboxylic acids is 1. The summed E-state index contributed by atoms with van der Waals surface area (Å²) in [4.78, 5) is 13.3. The van der Waals surface area contributed by atoms with Gasteiger partial charge in [0.15, 0.2) is 0 Å². The Labute approximate surface area is 116 Å². The van der Waals surface area contributed by atoms with Crippen LogP contribution < -0.4 is 4.90 Å². The molecule has 2 rings (SSSR count). The van der Waals surface area contributed by atoms with Gasteiger partial charge in [0, 0.05) is 23.8 Å². The molecular formula is C17H25NO. The smallest absolute Gasteiger partial charge is 0.150 e. The average Bonchev–Trinajstić information content (AvgIpc) is 2.93. The molecule has 1 aliphatic carbocycles. The lowest BCUT2D eigenvalue weighted by atomic mass is 10.1. The number of benzene rings is 1. The third kappa shape index (κ3) is 3.82. The summed E-state index contributed by atoms with van der Waals surface area (Å²) >= 11 is 0. The van der Waals surface area contributed by atoms with Crippen molar-refractivity contribution in [1.82, 2.24) is 0 Å². The molecule has 0 aliphatic heterocycles. The Balaban J connectivity index is 2.11. The second kappa shape index (κ2) is 6.74. The molecule has 0 saturated heterocycles. The average molecular weight is 259 g/mol. The maximum Gasteiger partial charge on any atom is 0.150 e. The minimum absolute atomic E-state index is 0.695. The Morgan fingerprint density at radius 1 is 1.21 bits per heavy atom. The minimum Gasteiger partial charge on any atom is -0.369 e. The molecule has 0 amide bonds. The summed E-state index contributed by atoms with van der Waals surface area (Å²) in [5.74, 6) is 0.734. The van der Waals surface area contributed by atoms with Gasteiger partial charge >= 0.3 is 0 Å². The van der Waals surface area contributed by atoms with Gasteiger partial charge < -0.3 is 4.90 Å². The molecular weight excluding hydrogens is 234 g/mol. The number of nitrogens with zero attached hydrogens (tertiary/aromatic N) is 1. The van der Waals surface area contributed by atoms with Crippen LogP contribution in [-0.4, -0.2) is 18.9 Å². The predicted molar refractivity (Wildman–Crippen MR) is 80.9 cm³/mol. The molecule has 1 aromatic rings. The highest BCUT2D eigenvalue weighted by Gasteiger charge is 2.22. The van der Waals surface area contributed by atoms with Crippen molar-refractivity contribution >= 4 is 12.0 Å². The van der Waals surface area contributed by atoms with Gasteiger partial charge in [-0.2, -0.15) is 0 Å². The SMILES string of the molecule is CC(C)CCN(c1ccc(C=O)cc1)C1CCCC1. The number of hydrogen-bond donors (Lipinski definition) is 0. The van der Waals surface area contributed by atoms with Gasteiger partial charge in [0.25, 0.3) is 0 Å². The van der Waals surface area contributed by atoms with Crippen LogP contribution in [-0.2, 0) is 0 Å². The molecule has 0 unspecified atom stereocenters. The number of carbonyl (C=O) groups is 1. The van der Waals surface area contributed by atoms with Crippen LogP contribution in [0.15, 0.2) is 24.3 Å². The standard InChI is InChI=1S/C17H25NO/c1-14(2)11-12-18(16-5-3-4-6-16)17-9-7-15(13-19)8-10-17/h7-10,13-14,16H,3-6,11-12H2,1-2H3. The summed E-state index contributed by atoms with van der Waals surface area (Å²) in [6.45, 7) is 5.69. The van der Waals surface area contributed by atoms with Crippen LogP contribution in [0.1, 0.15) is 56.3 Å². The Morgan fingerprint density at radius 2 is 1.84 bits per heavy atom. The van der Waals surface area contributed by atoms with Crippen molar-refractivity contribution in [3.8, 4) is 0 Å². The molecule has 0 spiro atoms. The fourth-order valence-corrected chi connectivity index (χ4v) is 2.88. The quantitative estimate of drug-likeness (QED) is 0.710. The van der Waals surface area contributed by atoms with E-state index in [1.807, 2.05) is 12.1 Å². The number of hydrogen-bond acceptors (Lipinski definition) is 2. The van der Waals surface area contributed by atoms with Gasteiger partial charge in [-0.25, -0.2) is 0 Å². The van der Waals surface area contributed by atoms with E-state index in [0.717, 1.165) is 24.3 Å². The number of aldehydes is 1. The lowest BCUT2D eigenvalue weighted by molar-refractivity contribution is 0.112. The largest absolute Gasteiger partial charge is 0.369 e. The van der Waals surface area contributed by atoms with Crippen molar-refractivity contribution in [2.24, 2.45) is 5.92 Å². The van der Waals surface area contributed by atoms with Crippen LogP contribution in [0.4, 0.5) is 5.69 Å². The molecule has 0 atom stereocenters. The lowest BCUT2D eigenvalue weighted by Gasteiger charge is -2.32. The second-order valence-electron chi connectivity index (χ2n) is 6.02. The van der Waals surface area contributed by atoms with Crippen LogP contribution in [0.25, 0.3) is 0 Å². The Hall–Kier alpha value is -1.31. The van der Waals surface area contributed by atoms with E-state index in [1.165, 1.54) is 37.8 Å². The molecule has 104 valence electrons. The minimum atomic E-state index is 0.695. The lowest BCUT2D eigenvalue weighted by Crippen LogP contribution is -2.34. The Kier molecular flexibility index (Phi) is 5.00. The van der Waals surface area contributed by atoms with Crippen LogP contribution in [0.2, 0.25) is 0 Å². The zero-order valence-corrected chi connectivity index (χ0v) is 12.1. The summed E-state index contributed by atoms with van der Waals surface area (Å²) in [6.07, 6.45) is 7.48.